The number of halogens is 1. The van der Waals surface area contributed by atoms with Crippen LogP contribution in [0.4, 0.5) is 5.69 Å². The summed E-state index contributed by atoms with van der Waals surface area (Å²) < 4.78 is 10.9. The highest BCUT2D eigenvalue weighted by Gasteiger charge is 2.21. The standard InChI is InChI=1S/C21H25ClN2O3/c1-15-12-19(13-16(2)21(15)22)27-14-20(25)24-10-8-23(9-11-24)17-4-6-18(26-3)7-5-17/h4-7,12-13H,8-11,14H2,1-3H3. The lowest BCUT2D eigenvalue weighted by molar-refractivity contribution is -0.133. The van der Waals surface area contributed by atoms with Gasteiger partial charge in [0.15, 0.2) is 6.61 Å². The molecule has 1 aliphatic heterocycles. The molecule has 6 heteroatoms. The number of carbonyl (C=O) groups excluding carboxylic acids is 1. The number of rotatable bonds is 5. The lowest BCUT2D eigenvalue weighted by Crippen LogP contribution is -2.50. The fourth-order valence-corrected chi connectivity index (χ4v) is 3.34. The highest BCUT2D eigenvalue weighted by molar-refractivity contribution is 6.32. The molecule has 2 aromatic carbocycles. The zero-order valence-electron chi connectivity index (χ0n) is 16.0. The lowest BCUT2D eigenvalue weighted by Gasteiger charge is -2.36. The molecular weight excluding hydrogens is 364 g/mol. The Bertz CT molecular complexity index is 777. The summed E-state index contributed by atoms with van der Waals surface area (Å²) in [6.45, 7) is 6.89. The highest BCUT2D eigenvalue weighted by Crippen LogP contribution is 2.26. The third kappa shape index (κ3) is 4.66. The van der Waals surface area contributed by atoms with Gasteiger partial charge in [-0.25, -0.2) is 0 Å². The Labute approximate surface area is 165 Å². The van der Waals surface area contributed by atoms with E-state index in [-0.39, 0.29) is 12.5 Å². The summed E-state index contributed by atoms with van der Waals surface area (Å²) in [4.78, 5) is 16.6. The topological polar surface area (TPSA) is 42.0 Å². The van der Waals surface area contributed by atoms with E-state index in [9.17, 15) is 4.79 Å². The summed E-state index contributed by atoms with van der Waals surface area (Å²) >= 11 is 6.17. The van der Waals surface area contributed by atoms with Crippen LogP contribution in [0.15, 0.2) is 36.4 Å². The number of amides is 1. The Morgan fingerprint density at radius 1 is 1.00 bits per heavy atom. The number of aryl methyl sites for hydroxylation is 2. The molecule has 1 amide bonds. The second kappa shape index (κ2) is 8.53. The normalized spacial score (nSPS) is 14.2. The van der Waals surface area contributed by atoms with Gasteiger partial charge < -0.3 is 19.3 Å². The molecule has 0 radical (unpaired) electrons. The van der Waals surface area contributed by atoms with Crippen molar-refractivity contribution in [1.82, 2.24) is 4.90 Å². The van der Waals surface area contributed by atoms with Gasteiger partial charge in [0, 0.05) is 36.9 Å². The van der Waals surface area contributed by atoms with E-state index in [1.807, 2.05) is 55.1 Å². The van der Waals surface area contributed by atoms with E-state index >= 15 is 0 Å². The van der Waals surface area contributed by atoms with Crippen molar-refractivity contribution in [3.63, 3.8) is 0 Å². The maximum Gasteiger partial charge on any atom is 0.260 e. The molecule has 3 rings (SSSR count). The van der Waals surface area contributed by atoms with Crippen LogP contribution >= 0.6 is 11.6 Å². The van der Waals surface area contributed by atoms with Crippen molar-refractivity contribution >= 4 is 23.2 Å². The minimum Gasteiger partial charge on any atom is -0.497 e. The van der Waals surface area contributed by atoms with Crippen LogP contribution in [0.3, 0.4) is 0 Å². The molecule has 2 aromatic rings. The van der Waals surface area contributed by atoms with Gasteiger partial charge in [0.1, 0.15) is 11.5 Å². The Morgan fingerprint density at radius 3 is 2.15 bits per heavy atom. The number of benzene rings is 2. The average Bonchev–Trinajstić information content (AvgIpc) is 2.70. The number of carbonyl (C=O) groups is 1. The van der Waals surface area contributed by atoms with Gasteiger partial charge in [-0.05, 0) is 61.4 Å². The monoisotopic (exact) mass is 388 g/mol. The van der Waals surface area contributed by atoms with Crippen molar-refractivity contribution in [3.8, 4) is 11.5 Å². The van der Waals surface area contributed by atoms with E-state index in [4.69, 9.17) is 21.1 Å². The number of anilines is 1. The second-order valence-electron chi connectivity index (χ2n) is 6.73. The zero-order valence-corrected chi connectivity index (χ0v) is 16.8. The quantitative estimate of drug-likeness (QED) is 0.783. The van der Waals surface area contributed by atoms with Crippen molar-refractivity contribution in [2.75, 3.05) is 44.8 Å². The predicted octanol–water partition coefficient (Wildman–Crippen LogP) is 3.69. The Balaban J connectivity index is 1.51. The molecule has 0 atom stereocenters. The molecule has 0 spiro atoms. The van der Waals surface area contributed by atoms with E-state index < -0.39 is 0 Å². The first-order valence-electron chi connectivity index (χ1n) is 9.04. The molecule has 0 aromatic heterocycles. The largest absolute Gasteiger partial charge is 0.497 e. The fourth-order valence-electron chi connectivity index (χ4n) is 3.23. The molecular formula is C21H25ClN2O3. The molecule has 144 valence electrons. The van der Waals surface area contributed by atoms with Gasteiger partial charge in [-0.3, -0.25) is 4.79 Å². The second-order valence-corrected chi connectivity index (χ2v) is 7.10. The highest BCUT2D eigenvalue weighted by atomic mass is 35.5. The van der Waals surface area contributed by atoms with Gasteiger partial charge in [0.2, 0.25) is 0 Å². The number of piperazine rings is 1. The number of ether oxygens (including phenoxy) is 2. The van der Waals surface area contributed by atoms with Crippen LogP contribution < -0.4 is 14.4 Å². The van der Waals surface area contributed by atoms with Crippen LogP contribution in [-0.4, -0.2) is 50.7 Å². The Hall–Kier alpha value is -2.40. The summed E-state index contributed by atoms with van der Waals surface area (Å²) in [6.07, 6.45) is 0. The Kier molecular flexibility index (Phi) is 6.11. The molecule has 1 saturated heterocycles. The van der Waals surface area contributed by atoms with Gasteiger partial charge in [0.05, 0.1) is 7.11 Å². The maximum atomic E-state index is 12.5. The van der Waals surface area contributed by atoms with E-state index in [2.05, 4.69) is 4.90 Å². The van der Waals surface area contributed by atoms with Crippen LogP contribution in [0, 0.1) is 13.8 Å². The zero-order chi connectivity index (χ0) is 19.4. The SMILES string of the molecule is COc1ccc(N2CCN(C(=O)COc3cc(C)c(Cl)c(C)c3)CC2)cc1. The summed E-state index contributed by atoms with van der Waals surface area (Å²) in [5, 5.41) is 0.739. The van der Waals surface area contributed by atoms with Crippen LogP contribution in [0.5, 0.6) is 11.5 Å². The molecule has 1 aliphatic rings. The van der Waals surface area contributed by atoms with Crippen LogP contribution in [0.2, 0.25) is 5.02 Å². The van der Waals surface area contributed by atoms with Gasteiger partial charge in [0.25, 0.3) is 5.91 Å². The first kappa shape index (κ1) is 19.4. The molecule has 0 N–H and O–H groups in total. The average molecular weight is 389 g/mol. The predicted molar refractivity (Wildman–Crippen MR) is 108 cm³/mol. The van der Waals surface area contributed by atoms with E-state index in [0.717, 1.165) is 40.7 Å². The molecule has 0 unspecified atom stereocenters. The van der Waals surface area contributed by atoms with Crippen molar-refractivity contribution in [3.05, 3.63) is 52.5 Å². The number of hydrogen-bond donors (Lipinski definition) is 0. The fraction of sp³-hybridized carbons (Fsp3) is 0.381. The van der Waals surface area contributed by atoms with Crippen LogP contribution in [0.1, 0.15) is 11.1 Å². The van der Waals surface area contributed by atoms with Crippen molar-refractivity contribution in [2.45, 2.75) is 13.8 Å². The van der Waals surface area contributed by atoms with Gasteiger partial charge in [-0.2, -0.15) is 0 Å². The number of nitrogens with zero attached hydrogens (tertiary/aromatic N) is 2. The minimum absolute atomic E-state index is 0.00892. The Morgan fingerprint density at radius 2 is 1.59 bits per heavy atom. The molecule has 5 nitrogen and oxygen atoms in total. The van der Waals surface area contributed by atoms with Crippen LogP contribution in [0.25, 0.3) is 0 Å². The summed E-state index contributed by atoms with van der Waals surface area (Å²) in [7, 11) is 1.66. The third-order valence-electron chi connectivity index (χ3n) is 4.84. The molecule has 0 aliphatic carbocycles. The van der Waals surface area contributed by atoms with Gasteiger partial charge >= 0.3 is 0 Å². The number of hydrogen-bond acceptors (Lipinski definition) is 4. The number of methoxy groups -OCH3 is 1. The molecule has 0 saturated carbocycles. The summed E-state index contributed by atoms with van der Waals surface area (Å²) in [5.74, 6) is 1.53. The van der Waals surface area contributed by atoms with Crippen LogP contribution in [-0.2, 0) is 4.79 Å². The van der Waals surface area contributed by atoms with Crippen molar-refractivity contribution < 1.29 is 14.3 Å². The smallest absolute Gasteiger partial charge is 0.260 e. The summed E-state index contributed by atoms with van der Waals surface area (Å²) in [6, 6.07) is 11.7. The third-order valence-corrected chi connectivity index (χ3v) is 5.44. The summed E-state index contributed by atoms with van der Waals surface area (Å²) in [5.41, 5.74) is 3.05. The van der Waals surface area contributed by atoms with Crippen molar-refractivity contribution in [2.24, 2.45) is 0 Å². The molecule has 0 bridgehead atoms. The van der Waals surface area contributed by atoms with E-state index in [0.29, 0.717) is 18.8 Å². The maximum absolute atomic E-state index is 12.5. The molecule has 27 heavy (non-hydrogen) atoms. The molecule has 1 heterocycles. The first-order chi connectivity index (χ1) is 13.0. The van der Waals surface area contributed by atoms with Gasteiger partial charge in [-0.1, -0.05) is 11.6 Å². The van der Waals surface area contributed by atoms with E-state index in [1.54, 1.807) is 7.11 Å². The first-order valence-corrected chi connectivity index (χ1v) is 9.42. The van der Waals surface area contributed by atoms with Gasteiger partial charge in [-0.15, -0.1) is 0 Å². The molecule has 1 fully saturated rings. The minimum atomic E-state index is 0.00892. The lowest BCUT2D eigenvalue weighted by atomic mass is 10.1. The van der Waals surface area contributed by atoms with Crippen molar-refractivity contribution in [1.29, 1.82) is 0 Å². The van der Waals surface area contributed by atoms with E-state index in [1.165, 1.54) is 0 Å².